The first-order valence-corrected chi connectivity index (χ1v) is 6.37. The highest BCUT2D eigenvalue weighted by molar-refractivity contribution is 7.90. The van der Waals surface area contributed by atoms with Crippen LogP contribution >= 0.6 is 0 Å². The lowest BCUT2D eigenvalue weighted by Gasteiger charge is -2.24. The van der Waals surface area contributed by atoms with Crippen molar-refractivity contribution in [3.05, 3.63) is 12.7 Å². The molecule has 2 aliphatic rings. The summed E-state index contributed by atoms with van der Waals surface area (Å²) in [4.78, 5) is 10.9. The number of nitrogens with zero attached hydrogens (tertiary/aromatic N) is 1. The molecule has 0 radical (unpaired) electrons. The summed E-state index contributed by atoms with van der Waals surface area (Å²) in [5.41, 5.74) is 4.80. The van der Waals surface area contributed by atoms with E-state index in [4.69, 9.17) is 5.73 Å². The van der Waals surface area contributed by atoms with Crippen molar-refractivity contribution in [2.75, 3.05) is 0 Å². The van der Waals surface area contributed by atoms with Crippen molar-refractivity contribution in [3.8, 4) is 0 Å². The van der Waals surface area contributed by atoms with Gasteiger partial charge in [0, 0.05) is 5.92 Å². The lowest BCUT2D eigenvalue weighted by molar-refractivity contribution is -0.115. The summed E-state index contributed by atoms with van der Waals surface area (Å²) in [6.45, 7) is 3.56. The normalized spacial score (nSPS) is 34.6. The van der Waals surface area contributed by atoms with Crippen LogP contribution in [0.5, 0.6) is 0 Å². The average molecular weight is 230 g/mol. The van der Waals surface area contributed by atoms with Gasteiger partial charge in [-0.25, -0.2) is 12.7 Å². The maximum Gasteiger partial charge on any atom is 0.241 e. The van der Waals surface area contributed by atoms with Gasteiger partial charge in [-0.1, -0.05) is 6.08 Å². The molecule has 1 amide bonds. The average Bonchev–Trinajstić information content (AvgIpc) is 2.98. The number of hydrogen-bond acceptors (Lipinski definition) is 4. The molecule has 0 aromatic carbocycles. The Morgan fingerprint density at radius 1 is 1.47 bits per heavy atom. The zero-order valence-corrected chi connectivity index (χ0v) is 9.11. The van der Waals surface area contributed by atoms with Gasteiger partial charge in [-0.3, -0.25) is 4.79 Å². The van der Waals surface area contributed by atoms with Crippen molar-refractivity contribution in [1.82, 2.24) is 4.31 Å². The van der Waals surface area contributed by atoms with E-state index in [0.29, 0.717) is 25.7 Å². The van der Waals surface area contributed by atoms with Gasteiger partial charge in [-0.05, 0) is 19.3 Å². The second-order valence-electron chi connectivity index (χ2n) is 4.18. The number of nitrogens with two attached hydrogens (primary N) is 1. The van der Waals surface area contributed by atoms with Crippen LogP contribution in [0.1, 0.15) is 19.3 Å². The fourth-order valence-corrected chi connectivity index (χ4v) is 3.61. The van der Waals surface area contributed by atoms with E-state index in [2.05, 4.69) is 6.58 Å². The number of amides is 1. The van der Waals surface area contributed by atoms with E-state index in [1.54, 1.807) is 6.08 Å². The van der Waals surface area contributed by atoms with E-state index < -0.39 is 20.9 Å². The third kappa shape index (κ3) is 1.48. The SMILES string of the molecule is C=C[C@@H]1C[C@@]1(N)N(C=O)S(=O)(=O)C1CC1. The molecule has 0 spiro atoms. The van der Waals surface area contributed by atoms with Crippen molar-refractivity contribution in [3.63, 3.8) is 0 Å². The fourth-order valence-electron chi connectivity index (χ4n) is 1.76. The molecule has 0 aromatic rings. The molecule has 2 aliphatic carbocycles. The summed E-state index contributed by atoms with van der Waals surface area (Å²) in [6.07, 6.45) is 3.65. The standard InChI is InChI=1S/C9H14N2O3S/c1-2-7-5-9(7,10)11(6-12)15(13,14)8-3-4-8/h2,6-8H,1,3-5,10H2/t7-,9-/m1/s1. The van der Waals surface area contributed by atoms with Crippen LogP contribution < -0.4 is 5.73 Å². The fraction of sp³-hybridized carbons (Fsp3) is 0.667. The summed E-state index contributed by atoms with van der Waals surface area (Å²) in [5.74, 6) is -0.115. The Hall–Kier alpha value is -0.880. The van der Waals surface area contributed by atoms with E-state index >= 15 is 0 Å². The topological polar surface area (TPSA) is 80.5 Å². The van der Waals surface area contributed by atoms with Crippen LogP contribution in [0.2, 0.25) is 0 Å². The molecule has 15 heavy (non-hydrogen) atoms. The maximum atomic E-state index is 11.9. The molecule has 0 aliphatic heterocycles. The lowest BCUT2D eigenvalue weighted by Crippen LogP contribution is -2.49. The van der Waals surface area contributed by atoms with E-state index in [-0.39, 0.29) is 5.92 Å². The largest absolute Gasteiger partial charge is 0.307 e. The Balaban J connectivity index is 2.25. The molecular weight excluding hydrogens is 216 g/mol. The van der Waals surface area contributed by atoms with Gasteiger partial charge in [0.1, 0.15) is 5.66 Å². The molecule has 2 fully saturated rings. The summed E-state index contributed by atoms with van der Waals surface area (Å²) in [6, 6.07) is 0. The first-order chi connectivity index (χ1) is 6.96. The van der Waals surface area contributed by atoms with Gasteiger partial charge in [0.25, 0.3) is 0 Å². The molecule has 0 saturated heterocycles. The first-order valence-electron chi connectivity index (χ1n) is 4.87. The second-order valence-corrected chi connectivity index (χ2v) is 6.27. The molecule has 2 atom stereocenters. The van der Waals surface area contributed by atoms with Crippen LogP contribution in [0.25, 0.3) is 0 Å². The van der Waals surface area contributed by atoms with Crippen molar-refractivity contribution in [1.29, 1.82) is 0 Å². The molecule has 0 unspecified atom stereocenters. The minimum atomic E-state index is -3.52. The van der Waals surface area contributed by atoms with Gasteiger partial charge in [-0.2, -0.15) is 0 Å². The van der Waals surface area contributed by atoms with Gasteiger partial charge in [0.15, 0.2) is 0 Å². The third-order valence-electron chi connectivity index (χ3n) is 3.04. The van der Waals surface area contributed by atoms with Gasteiger partial charge < -0.3 is 5.73 Å². The quantitative estimate of drug-likeness (QED) is 0.403. The van der Waals surface area contributed by atoms with Crippen LogP contribution in [0.4, 0.5) is 0 Å². The third-order valence-corrected chi connectivity index (χ3v) is 5.33. The van der Waals surface area contributed by atoms with Crippen LogP contribution in [0.3, 0.4) is 0 Å². The highest BCUT2D eigenvalue weighted by Gasteiger charge is 2.59. The second kappa shape index (κ2) is 3.05. The van der Waals surface area contributed by atoms with E-state index in [1.165, 1.54) is 0 Å². The van der Waals surface area contributed by atoms with Crippen molar-refractivity contribution >= 4 is 16.4 Å². The van der Waals surface area contributed by atoms with Crippen molar-refractivity contribution in [2.45, 2.75) is 30.2 Å². The molecule has 6 heteroatoms. The molecule has 2 N–H and O–H groups in total. The number of hydrogen-bond donors (Lipinski definition) is 1. The molecule has 84 valence electrons. The molecule has 2 saturated carbocycles. The Morgan fingerprint density at radius 3 is 2.40 bits per heavy atom. The zero-order valence-electron chi connectivity index (χ0n) is 8.30. The van der Waals surface area contributed by atoms with Crippen LogP contribution in [0.15, 0.2) is 12.7 Å². The van der Waals surface area contributed by atoms with Gasteiger partial charge in [0.2, 0.25) is 16.4 Å². The monoisotopic (exact) mass is 230 g/mol. The van der Waals surface area contributed by atoms with Gasteiger partial charge in [-0.15, -0.1) is 6.58 Å². The van der Waals surface area contributed by atoms with Gasteiger partial charge in [0.05, 0.1) is 5.25 Å². The molecule has 5 nitrogen and oxygen atoms in total. The van der Waals surface area contributed by atoms with Crippen LogP contribution in [0, 0.1) is 5.92 Å². The Morgan fingerprint density at radius 2 is 2.07 bits per heavy atom. The zero-order chi connectivity index (χ0) is 11.3. The predicted molar refractivity (Wildman–Crippen MR) is 55.1 cm³/mol. The smallest absolute Gasteiger partial charge is 0.241 e. The van der Waals surface area contributed by atoms with Gasteiger partial charge >= 0.3 is 0 Å². The Bertz CT molecular complexity index is 402. The molecular formula is C9H14N2O3S. The number of rotatable bonds is 5. The van der Waals surface area contributed by atoms with E-state index in [1.807, 2.05) is 0 Å². The molecule has 0 aromatic heterocycles. The van der Waals surface area contributed by atoms with Crippen LogP contribution in [-0.2, 0) is 14.8 Å². The maximum absolute atomic E-state index is 11.9. The van der Waals surface area contributed by atoms with E-state index in [0.717, 1.165) is 4.31 Å². The number of sulfonamides is 1. The van der Waals surface area contributed by atoms with Crippen molar-refractivity contribution in [2.24, 2.45) is 11.7 Å². The first kappa shape index (κ1) is 10.6. The van der Waals surface area contributed by atoms with Crippen molar-refractivity contribution < 1.29 is 13.2 Å². The minimum absolute atomic E-state index is 0.115. The molecule has 0 bridgehead atoms. The lowest BCUT2D eigenvalue weighted by atomic mass is 10.3. The highest BCUT2D eigenvalue weighted by atomic mass is 32.2. The Kier molecular flexibility index (Phi) is 2.16. The number of carbonyl (C=O) groups excluding carboxylic acids is 1. The summed E-state index contributed by atoms with van der Waals surface area (Å²) < 4.78 is 24.5. The molecule has 2 rings (SSSR count). The van der Waals surface area contributed by atoms with E-state index in [9.17, 15) is 13.2 Å². The number of carbonyl (C=O) groups is 1. The predicted octanol–water partition coefficient (Wildman–Crippen LogP) is -0.202. The molecule has 0 heterocycles. The Labute approximate surface area is 89.0 Å². The summed E-state index contributed by atoms with van der Waals surface area (Å²) >= 11 is 0. The van der Waals surface area contributed by atoms with Crippen LogP contribution in [-0.4, -0.2) is 30.0 Å². The minimum Gasteiger partial charge on any atom is -0.307 e. The summed E-state index contributed by atoms with van der Waals surface area (Å²) in [7, 11) is -3.52. The highest BCUT2D eigenvalue weighted by Crippen LogP contribution is 2.47. The summed E-state index contributed by atoms with van der Waals surface area (Å²) in [5, 5.41) is -0.408.